The van der Waals surface area contributed by atoms with E-state index in [1.54, 1.807) is 25.1 Å². The summed E-state index contributed by atoms with van der Waals surface area (Å²) in [6, 6.07) is 6.94. The SMILES string of the molecule is COc1cccc(C#N)c1NC(=O)c1cnc(C)cn1. The van der Waals surface area contributed by atoms with Gasteiger partial charge in [0.15, 0.2) is 0 Å². The van der Waals surface area contributed by atoms with Crippen LogP contribution in [0, 0.1) is 18.3 Å². The summed E-state index contributed by atoms with van der Waals surface area (Å²) < 4.78 is 5.14. The summed E-state index contributed by atoms with van der Waals surface area (Å²) >= 11 is 0. The fraction of sp³-hybridized carbons (Fsp3) is 0.143. The van der Waals surface area contributed by atoms with Crippen LogP contribution in [-0.4, -0.2) is 23.0 Å². The van der Waals surface area contributed by atoms with Gasteiger partial charge in [-0.15, -0.1) is 0 Å². The van der Waals surface area contributed by atoms with Crippen LogP contribution >= 0.6 is 0 Å². The molecule has 100 valence electrons. The molecule has 20 heavy (non-hydrogen) atoms. The quantitative estimate of drug-likeness (QED) is 0.918. The van der Waals surface area contributed by atoms with Gasteiger partial charge in [-0.3, -0.25) is 9.78 Å². The predicted molar refractivity (Wildman–Crippen MR) is 72.4 cm³/mol. The van der Waals surface area contributed by atoms with Crippen LogP contribution in [0.2, 0.25) is 0 Å². The first-order chi connectivity index (χ1) is 9.65. The van der Waals surface area contributed by atoms with Crippen molar-refractivity contribution in [2.45, 2.75) is 6.92 Å². The number of nitriles is 1. The molecule has 2 rings (SSSR count). The fourth-order valence-corrected chi connectivity index (χ4v) is 1.61. The van der Waals surface area contributed by atoms with Crippen molar-refractivity contribution in [2.75, 3.05) is 12.4 Å². The van der Waals surface area contributed by atoms with E-state index in [0.717, 1.165) is 5.69 Å². The summed E-state index contributed by atoms with van der Waals surface area (Å²) in [4.78, 5) is 20.1. The second-order valence-electron chi connectivity index (χ2n) is 3.99. The maximum absolute atomic E-state index is 12.1. The number of rotatable bonds is 3. The molecule has 0 aliphatic heterocycles. The van der Waals surface area contributed by atoms with E-state index in [2.05, 4.69) is 15.3 Å². The van der Waals surface area contributed by atoms with Crippen LogP contribution in [0.1, 0.15) is 21.7 Å². The number of carbonyl (C=O) groups is 1. The van der Waals surface area contributed by atoms with Gasteiger partial charge in [-0.05, 0) is 19.1 Å². The Labute approximate surface area is 116 Å². The zero-order valence-corrected chi connectivity index (χ0v) is 11.0. The summed E-state index contributed by atoms with van der Waals surface area (Å²) in [5.41, 5.74) is 1.53. The zero-order chi connectivity index (χ0) is 14.5. The van der Waals surface area contributed by atoms with Gasteiger partial charge >= 0.3 is 0 Å². The molecule has 0 bridgehead atoms. The van der Waals surface area contributed by atoms with Gasteiger partial charge in [0.1, 0.15) is 23.2 Å². The molecule has 0 radical (unpaired) electrons. The van der Waals surface area contributed by atoms with Crippen LogP contribution in [0.3, 0.4) is 0 Å². The maximum Gasteiger partial charge on any atom is 0.275 e. The van der Waals surface area contributed by atoms with Crippen LogP contribution in [0.15, 0.2) is 30.6 Å². The van der Waals surface area contributed by atoms with E-state index in [1.165, 1.54) is 19.5 Å². The van der Waals surface area contributed by atoms with Crippen LogP contribution in [0.5, 0.6) is 5.75 Å². The van der Waals surface area contributed by atoms with Gasteiger partial charge in [0.2, 0.25) is 0 Å². The highest BCUT2D eigenvalue weighted by molar-refractivity contribution is 6.04. The number of hydrogen-bond donors (Lipinski definition) is 1. The number of para-hydroxylation sites is 1. The third-order valence-electron chi connectivity index (χ3n) is 2.62. The lowest BCUT2D eigenvalue weighted by Gasteiger charge is -2.11. The standard InChI is InChI=1S/C14H12N4O2/c1-9-7-17-11(8-16-9)14(19)18-13-10(6-15)4-3-5-12(13)20-2/h3-5,7-8H,1-2H3,(H,18,19). The van der Waals surface area contributed by atoms with Crippen LogP contribution in [0.4, 0.5) is 5.69 Å². The first kappa shape index (κ1) is 13.5. The monoisotopic (exact) mass is 268 g/mol. The van der Waals surface area contributed by atoms with Crippen molar-refractivity contribution in [1.29, 1.82) is 5.26 Å². The normalized spacial score (nSPS) is 9.65. The molecule has 0 fully saturated rings. The van der Waals surface area contributed by atoms with Gasteiger partial charge in [0.25, 0.3) is 5.91 Å². The molecule has 1 aromatic carbocycles. The van der Waals surface area contributed by atoms with E-state index in [-0.39, 0.29) is 5.69 Å². The van der Waals surface area contributed by atoms with Crippen molar-refractivity contribution in [3.05, 3.63) is 47.5 Å². The highest BCUT2D eigenvalue weighted by Gasteiger charge is 2.14. The van der Waals surface area contributed by atoms with Crippen LogP contribution in [0.25, 0.3) is 0 Å². The predicted octanol–water partition coefficient (Wildman–Crippen LogP) is 1.92. The minimum Gasteiger partial charge on any atom is -0.495 e. The van der Waals surface area contributed by atoms with Crippen LogP contribution in [-0.2, 0) is 0 Å². The Morgan fingerprint density at radius 3 is 2.75 bits per heavy atom. The number of anilines is 1. The Kier molecular flexibility index (Phi) is 3.91. The molecule has 6 nitrogen and oxygen atoms in total. The first-order valence-corrected chi connectivity index (χ1v) is 5.83. The van der Waals surface area contributed by atoms with E-state index in [9.17, 15) is 4.79 Å². The average Bonchev–Trinajstić information content (AvgIpc) is 2.48. The van der Waals surface area contributed by atoms with Crippen molar-refractivity contribution in [3.63, 3.8) is 0 Å². The molecule has 0 atom stereocenters. The van der Waals surface area contributed by atoms with Crippen molar-refractivity contribution >= 4 is 11.6 Å². The molecular weight excluding hydrogens is 256 g/mol. The second-order valence-corrected chi connectivity index (χ2v) is 3.99. The van der Waals surface area contributed by atoms with Gasteiger partial charge < -0.3 is 10.1 Å². The maximum atomic E-state index is 12.1. The van der Waals surface area contributed by atoms with Gasteiger partial charge in [-0.1, -0.05) is 6.07 Å². The molecule has 0 unspecified atom stereocenters. The number of nitrogens with zero attached hydrogens (tertiary/aromatic N) is 3. The molecule has 6 heteroatoms. The Morgan fingerprint density at radius 2 is 2.15 bits per heavy atom. The van der Waals surface area contributed by atoms with E-state index in [4.69, 9.17) is 10.00 Å². The van der Waals surface area contributed by atoms with Crippen molar-refractivity contribution in [2.24, 2.45) is 0 Å². The molecule has 0 aliphatic carbocycles. The van der Waals surface area contributed by atoms with Crippen molar-refractivity contribution < 1.29 is 9.53 Å². The molecule has 0 saturated carbocycles. The van der Waals surface area contributed by atoms with Gasteiger partial charge in [-0.2, -0.15) is 5.26 Å². The molecule has 0 saturated heterocycles. The number of ether oxygens (including phenoxy) is 1. The minimum atomic E-state index is -0.446. The number of hydrogen-bond acceptors (Lipinski definition) is 5. The summed E-state index contributed by atoms with van der Waals surface area (Å²) in [7, 11) is 1.47. The lowest BCUT2D eigenvalue weighted by atomic mass is 10.1. The largest absolute Gasteiger partial charge is 0.495 e. The lowest BCUT2D eigenvalue weighted by molar-refractivity contribution is 0.102. The molecule has 1 heterocycles. The van der Waals surface area contributed by atoms with E-state index < -0.39 is 5.91 Å². The van der Waals surface area contributed by atoms with Crippen LogP contribution < -0.4 is 10.1 Å². The highest BCUT2D eigenvalue weighted by atomic mass is 16.5. The Morgan fingerprint density at radius 1 is 1.35 bits per heavy atom. The summed E-state index contributed by atoms with van der Waals surface area (Å²) in [5.74, 6) is -0.0315. The van der Waals surface area contributed by atoms with Crippen molar-refractivity contribution in [3.8, 4) is 11.8 Å². The van der Waals surface area contributed by atoms with E-state index in [0.29, 0.717) is 17.0 Å². The molecule has 1 amide bonds. The minimum absolute atomic E-state index is 0.172. The van der Waals surface area contributed by atoms with Crippen molar-refractivity contribution in [1.82, 2.24) is 9.97 Å². The lowest BCUT2D eigenvalue weighted by Crippen LogP contribution is -2.15. The number of nitrogens with one attached hydrogen (secondary N) is 1. The topological polar surface area (TPSA) is 87.9 Å². The molecule has 1 N–H and O–H groups in total. The Hall–Kier alpha value is -2.94. The third kappa shape index (κ3) is 2.72. The second kappa shape index (κ2) is 5.80. The third-order valence-corrected chi connectivity index (χ3v) is 2.62. The molecule has 0 aliphatic rings. The Balaban J connectivity index is 2.32. The molecule has 1 aromatic heterocycles. The highest BCUT2D eigenvalue weighted by Crippen LogP contribution is 2.28. The van der Waals surface area contributed by atoms with E-state index >= 15 is 0 Å². The van der Waals surface area contributed by atoms with Gasteiger partial charge in [0.05, 0.1) is 24.6 Å². The summed E-state index contributed by atoms with van der Waals surface area (Å²) in [6.45, 7) is 1.78. The summed E-state index contributed by atoms with van der Waals surface area (Å²) in [6.07, 6.45) is 2.88. The number of methoxy groups -OCH3 is 1. The first-order valence-electron chi connectivity index (χ1n) is 5.83. The number of aromatic nitrogens is 2. The number of carbonyl (C=O) groups excluding carboxylic acids is 1. The molecule has 0 spiro atoms. The Bertz CT molecular complexity index is 675. The molecule has 2 aromatic rings. The van der Waals surface area contributed by atoms with Gasteiger partial charge in [-0.25, -0.2) is 4.98 Å². The number of benzene rings is 1. The zero-order valence-electron chi connectivity index (χ0n) is 11.0. The number of aryl methyl sites for hydroxylation is 1. The fourth-order valence-electron chi connectivity index (χ4n) is 1.61. The summed E-state index contributed by atoms with van der Waals surface area (Å²) in [5, 5.41) is 11.7. The molecular formula is C14H12N4O2. The van der Waals surface area contributed by atoms with E-state index in [1.807, 2.05) is 6.07 Å². The van der Waals surface area contributed by atoms with Gasteiger partial charge in [0, 0.05) is 6.20 Å². The smallest absolute Gasteiger partial charge is 0.275 e. The average molecular weight is 268 g/mol. The number of amides is 1.